The summed E-state index contributed by atoms with van der Waals surface area (Å²) < 4.78 is 5.43. The van der Waals surface area contributed by atoms with Gasteiger partial charge in [-0.25, -0.2) is 0 Å². The van der Waals surface area contributed by atoms with E-state index in [4.69, 9.17) is 10.5 Å². The van der Waals surface area contributed by atoms with Crippen LogP contribution in [0.2, 0.25) is 0 Å². The third-order valence-corrected chi connectivity index (χ3v) is 3.66. The summed E-state index contributed by atoms with van der Waals surface area (Å²) in [6, 6.07) is 5.48. The number of amides is 1. The van der Waals surface area contributed by atoms with E-state index < -0.39 is 0 Å². The van der Waals surface area contributed by atoms with Crippen molar-refractivity contribution >= 4 is 17.3 Å². The maximum absolute atomic E-state index is 12.0. The third kappa shape index (κ3) is 3.65. The van der Waals surface area contributed by atoms with Crippen LogP contribution in [0, 0.1) is 0 Å². The molecule has 0 unspecified atom stereocenters. The van der Waals surface area contributed by atoms with E-state index in [1.165, 1.54) is 32.1 Å². The number of rotatable bonds is 7. The summed E-state index contributed by atoms with van der Waals surface area (Å²) in [4.78, 5) is 13.8. The summed E-state index contributed by atoms with van der Waals surface area (Å²) in [5.41, 5.74) is 7.26. The van der Waals surface area contributed by atoms with Gasteiger partial charge in [0.05, 0.1) is 5.69 Å². The van der Waals surface area contributed by atoms with Crippen LogP contribution in [0.5, 0.6) is 5.75 Å². The molecule has 0 radical (unpaired) electrons. The van der Waals surface area contributed by atoms with Crippen LogP contribution < -0.4 is 15.4 Å². The first-order valence-corrected chi connectivity index (χ1v) is 7.55. The Morgan fingerprint density at radius 1 is 1.20 bits per heavy atom. The van der Waals surface area contributed by atoms with Crippen LogP contribution in [0.25, 0.3) is 0 Å². The van der Waals surface area contributed by atoms with Crippen LogP contribution in [0.3, 0.4) is 0 Å². The second-order valence-electron chi connectivity index (χ2n) is 5.33. The Labute approximate surface area is 120 Å². The molecule has 0 saturated heterocycles. The van der Waals surface area contributed by atoms with E-state index in [1.54, 1.807) is 6.07 Å². The number of nitrogens with two attached hydrogens (primary N) is 1. The van der Waals surface area contributed by atoms with Gasteiger partial charge >= 0.3 is 0 Å². The molecule has 1 aromatic carbocycles. The Hall–Kier alpha value is -1.71. The molecule has 1 aliphatic heterocycles. The molecule has 1 heterocycles. The summed E-state index contributed by atoms with van der Waals surface area (Å²) in [7, 11) is 0. The van der Waals surface area contributed by atoms with Gasteiger partial charge in [-0.2, -0.15) is 0 Å². The molecule has 1 amide bonds. The largest absolute Gasteiger partial charge is 0.481 e. The lowest BCUT2D eigenvalue weighted by molar-refractivity contribution is -0.121. The number of hydrogen-bond donors (Lipinski definition) is 1. The molecule has 0 aromatic heterocycles. The van der Waals surface area contributed by atoms with Crippen molar-refractivity contribution in [1.29, 1.82) is 0 Å². The van der Waals surface area contributed by atoms with Crippen molar-refractivity contribution in [2.75, 3.05) is 23.8 Å². The van der Waals surface area contributed by atoms with E-state index in [0.29, 0.717) is 5.69 Å². The smallest absolute Gasteiger partial charge is 0.265 e. The molecule has 4 heteroatoms. The van der Waals surface area contributed by atoms with Crippen molar-refractivity contribution < 1.29 is 9.53 Å². The van der Waals surface area contributed by atoms with Crippen molar-refractivity contribution in [3.8, 4) is 5.75 Å². The number of hydrogen-bond acceptors (Lipinski definition) is 3. The summed E-state index contributed by atoms with van der Waals surface area (Å²) in [5, 5.41) is 0. The minimum atomic E-state index is 0.0378. The van der Waals surface area contributed by atoms with Crippen LogP contribution in [-0.2, 0) is 4.79 Å². The van der Waals surface area contributed by atoms with E-state index in [1.807, 2.05) is 17.0 Å². The van der Waals surface area contributed by atoms with Crippen LogP contribution >= 0.6 is 0 Å². The SMILES string of the molecule is CCCCCCCCN1C(=O)COc2cc(N)ccc21. The summed E-state index contributed by atoms with van der Waals surface area (Å²) >= 11 is 0. The zero-order chi connectivity index (χ0) is 14.4. The van der Waals surface area contributed by atoms with Crippen LogP contribution in [-0.4, -0.2) is 19.1 Å². The van der Waals surface area contributed by atoms with Gasteiger partial charge in [-0.1, -0.05) is 39.0 Å². The normalized spacial score (nSPS) is 14.1. The van der Waals surface area contributed by atoms with Crippen molar-refractivity contribution in [1.82, 2.24) is 0 Å². The van der Waals surface area contributed by atoms with Crippen molar-refractivity contribution in [2.45, 2.75) is 45.4 Å². The first-order valence-electron chi connectivity index (χ1n) is 7.55. The molecule has 20 heavy (non-hydrogen) atoms. The minimum Gasteiger partial charge on any atom is -0.481 e. The minimum absolute atomic E-state index is 0.0378. The van der Waals surface area contributed by atoms with Crippen LogP contribution in [0.1, 0.15) is 45.4 Å². The number of anilines is 2. The van der Waals surface area contributed by atoms with Crippen molar-refractivity contribution in [3.63, 3.8) is 0 Å². The molecule has 110 valence electrons. The topological polar surface area (TPSA) is 55.6 Å². The number of fused-ring (bicyclic) bond motifs is 1. The molecule has 4 nitrogen and oxygen atoms in total. The number of carbonyl (C=O) groups excluding carboxylic acids is 1. The molecule has 0 atom stereocenters. The molecule has 1 aromatic rings. The highest BCUT2D eigenvalue weighted by atomic mass is 16.5. The predicted molar refractivity (Wildman–Crippen MR) is 82.1 cm³/mol. The van der Waals surface area contributed by atoms with Gasteiger partial charge in [0.1, 0.15) is 5.75 Å². The molecular weight excluding hydrogens is 252 g/mol. The van der Waals surface area contributed by atoms with Gasteiger partial charge in [0.15, 0.2) is 6.61 Å². The molecule has 0 spiro atoms. The second kappa shape index (κ2) is 7.17. The van der Waals surface area contributed by atoms with E-state index >= 15 is 0 Å². The van der Waals surface area contributed by atoms with Crippen molar-refractivity contribution in [3.05, 3.63) is 18.2 Å². The molecule has 1 aliphatic rings. The van der Waals surface area contributed by atoms with Crippen molar-refractivity contribution in [2.24, 2.45) is 0 Å². The lowest BCUT2D eigenvalue weighted by Gasteiger charge is -2.29. The maximum Gasteiger partial charge on any atom is 0.265 e. The average molecular weight is 276 g/mol. The third-order valence-electron chi connectivity index (χ3n) is 3.66. The van der Waals surface area contributed by atoms with Gasteiger partial charge < -0.3 is 15.4 Å². The zero-order valence-corrected chi connectivity index (χ0v) is 12.2. The quantitative estimate of drug-likeness (QED) is 0.613. The fourth-order valence-corrected chi connectivity index (χ4v) is 2.52. The first-order chi connectivity index (χ1) is 9.72. The number of carbonyl (C=O) groups is 1. The number of unbranched alkanes of at least 4 members (excludes halogenated alkanes) is 5. The van der Waals surface area contributed by atoms with E-state index in [9.17, 15) is 4.79 Å². The van der Waals surface area contributed by atoms with Gasteiger partial charge in [-0.3, -0.25) is 4.79 Å². The monoisotopic (exact) mass is 276 g/mol. The molecule has 2 N–H and O–H groups in total. The van der Waals surface area contributed by atoms with E-state index in [0.717, 1.165) is 24.4 Å². The first kappa shape index (κ1) is 14.7. The molecule has 0 bridgehead atoms. The highest BCUT2D eigenvalue weighted by Crippen LogP contribution is 2.33. The Balaban J connectivity index is 1.89. The van der Waals surface area contributed by atoms with Crippen LogP contribution in [0.4, 0.5) is 11.4 Å². The Kier molecular flexibility index (Phi) is 5.27. The van der Waals surface area contributed by atoms with Gasteiger partial charge in [0, 0.05) is 18.3 Å². The summed E-state index contributed by atoms with van der Waals surface area (Å²) in [6.45, 7) is 3.10. The molecular formula is C16H24N2O2. The molecule has 0 fully saturated rings. The van der Waals surface area contributed by atoms with E-state index in [2.05, 4.69) is 6.92 Å². The lowest BCUT2D eigenvalue weighted by atomic mass is 10.1. The van der Waals surface area contributed by atoms with Crippen LogP contribution in [0.15, 0.2) is 18.2 Å². The Morgan fingerprint density at radius 2 is 1.95 bits per heavy atom. The van der Waals surface area contributed by atoms with Gasteiger partial charge in [0.25, 0.3) is 5.91 Å². The van der Waals surface area contributed by atoms with Gasteiger partial charge in [0.2, 0.25) is 0 Å². The number of ether oxygens (including phenoxy) is 1. The number of nitrogens with zero attached hydrogens (tertiary/aromatic N) is 1. The van der Waals surface area contributed by atoms with E-state index in [-0.39, 0.29) is 12.5 Å². The highest BCUT2D eigenvalue weighted by Gasteiger charge is 2.24. The second-order valence-corrected chi connectivity index (χ2v) is 5.33. The maximum atomic E-state index is 12.0. The predicted octanol–water partition coefficient (Wildman–Crippen LogP) is 3.35. The number of benzene rings is 1. The summed E-state index contributed by atoms with van der Waals surface area (Å²) in [5.74, 6) is 0.756. The number of nitrogen functional groups attached to an aromatic ring is 1. The Bertz CT molecular complexity index is 460. The summed E-state index contributed by atoms with van der Waals surface area (Å²) in [6.07, 6.45) is 7.32. The molecule has 0 saturated carbocycles. The zero-order valence-electron chi connectivity index (χ0n) is 12.2. The lowest BCUT2D eigenvalue weighted by Crippen LogP contribution is -2.39. The fraction of sp³-hybridized carbons (Fsp3) is 0.562. The fourth-order valence-electron chi connectivity index (χ4n) is 2.52. The van der Waals surface area contributed by atoms with Gasteiger partial charge in [-0.15, -0.1) is 0 Å². The van der Waals surface area contributed by atoms with Gasteiger partial charge in [-0.05, 0) is 18.6 Å². The average Bonchev–Trinajstić information content (AvgIpc) is 2.44. The highest BCUT2D eigenvalue weighted by molar-refractivity contribution is 5.98. The standard InChI is InChI=1S/C16H24N2O2/c1-2-3-4-5-6-7-10-18-14-9-8-13(17)11-15(14)20-12-16(18)19/h8-9,11H,2-7,10,12,17H2,1H3. The molecule has 0 aliphatic carbocycles. The Morgan fingerprint density at radius 3 is 2.75 bits per heavy atom. The molecule has 2 rings (SSSR count).